The standard InChI is InChI=1S/C20H35N5O3/c1-4-24-19(21-25(20(24)27)13-14-28-3)17-7-9-22(10-8-17)15-18(26)23-11-5-16(2)6-12-23/h16-17H,4-15H2,1-3H3. The molecule has 0 atom stereocenters. The minimum atomic E-state index is -0.0496. The first-order valence-corrected chi connectivity index (χ1v) is 10.7. The Bertz CT molecular complexity index is 697. The number of likely N-dealkylation sites (tertiary alicyclic amines) is 2. The first-order valence-electron chi connectivity index (χ1n) is 10.7. The van der Waals surface area contributed by atoms with Crippen LogP contribution in [0.5, 0.6) is 0 Å². The van der Waals surface area contributed by atoms with Crippen LogP contribution in [-0.4, -0.2) is 76.5 Å². The Morgan fingerprint density at radius 3 is 2.43 bits per heavy atom. The number of carbonyl (C=O) groups excluding carboxylic acids is 1. The Morgan fingerprint density at radius 2 is 1.82 bits per heavy atom. The number of hydrogen-bond acceptors (Lipinski definition) is 5. The molecule has 2 fully saturated rings. The largest absolute Gasteiger partial charge is 0.383 e. The van der Waals surface area contributed by atoms with E-state index in [0.29, 0.717) is 26.2 Å². The number of hydrogen-bond donors (Lipinski definition) is 0. The maximum Gasteiger partial charge on any atom is 0.345 e. The third-order valence-corrected chi connectivity index (χ3v) is 6.22. The smallest absolute Gasteiger partial charge is 0.345 e. The minimum absolute atomic E-state index is 0.0496. The summed E-state index contributed by atoms with van der Waals surface area (Å²) in [4.78, 5) is 29.4. The summed E-state index contributed by atoms with van der Waals surface area (Å²) in [7, 11) is 1.63. The van der Waals surface area contributed by atoms with Crippen molar-refractivity contribution in [2.75, 3.05) is 46.4 Å². The number of amides is 1. The predicted octanol–water partition coefficient (Wildman–Crippen LogP) is 1.15. The molecule has 0 spiro atoms. The van der Waals surface area contributed by atoms with Crippen molar-refractivity contribution in [2.45, 2.75) is 58.5 Å². The van der Waals surface area contributed by atoms with Gasteiger partial charge in [-0.1, -0.05) is 6.92 Å². The van der Waals surface area contributed by atoms with Crippen LogP contribution in [0, 0.1) is 5.92 Å². The van der Waals surface area contributed by atoms with Crippen LogP contribution < -0.4 is 5.69 Å². The summed E-state index contributed by atoms with van der Waals surface area (Å²) in [6.45, 7) is 9.92. The Morgan fingerprint density at radius 1 is 1.14 bits per heavy atom. The molecule has 0 radical (unpaired) electrons. The summed E-state index contributed by atoms with van der Waals surface area (Å²) < 4.78 is 8.40. The average molecular weight is 394 g/mol. The van der Waals surface area contributed by atoms with E-state index in [4.69, 9.17) is 4.74 Å². The topological polar surface area (TPSA) is 72.6 Å². The SMILES string of the molecule is CCn1c(C2CCN(CC(=O)N3CCC(C)CC3)CC2)nn(CCOC)c1=O. The fourth-order valence-electron chi connectivity index (χ4n) is 4.28. The molecule has 0 bridgehead atoms. The van der Waals surface area contributed by atoms with Gasteiger partial charge in [0.15, 0.2) is 0 Å². The zero-order valence-corrected chi connectivity index (χ0v) is 17.6. The number of carbonyl (C=O) groups is 1. The van der Waals surface area contributed by atoms with Crippen LogP contribution >= 0.6 is 0 Å². The van der Waals surface area contributed by atoms with Crippen molar-refractivity contribution in [3.05, 3.63) is 16.3 Å². The van der Waals surface area contributed by atoms with Crippen molar-refractivity contribution in [1.29, 1.82) is 0 Å². The third kappa shape index (κ3) is 4.84. The van der Waals surface area contributed by atoms with Gasteiger partial charge in [-0.15, -0.1) is 0 Å². The van der Waals surface area contributed by atoms with Crippen molar-refractivity contribution in [3.63, 3.8) is 0 Å². The second kappa shape index (κ2) is 9.69. The lowest BCUT2D eigenvalue weighted by molar-refractivity contribution is -0.134. The minimum Gasteiger partial charge on any atom is -0.383 e. The quantitative estimate of drug-likeness (QED) is 0.695. The Kier molecular flexibility index (Phi) is 7.29. The first kappa shape index (κ1) is 21.0. The molecule has 0 saturated carbocycles. The number of piperidine rings is 2. The van der Waals surface area contributed by atoms with Crippen molar-refractivity contribution < 1.29 is 9.53 Å². The molecule has 8 heteroatoms. The summed E-state index contributed by atoms with van der Waals surface area (Å²) in [5.74, 6) is 2.16. The zero-order chi connectivity index (χ0) is 20.1. The molecular formula is C20H35N5O3. The van der Waals surface area contributed by atoms with Gasteiger partial charge in [-0.05, 0) is 51.6 Å². The maximum absolute atomic E-state index is 12.6. The van der Waals surface area contributed by atoms with Crippen LogP contribution in [0.1, 0.15) is 51.3 Å². The van der Waals surface area contributed by atoms with E-state index in [0.717, 1.165) is 63.6 Å². The van der Waals surface area contributed by atoms with E-state index in [1.165, 1.54) is 4.68 Å². The summed E-state index contributed by atoms with van der Waals surface area (Å²) in [6.07, 6.45) is 4.11. The molecular weight excluding hydrogens is 358 g/mol. The highest BCUT2D eigenvalue weighted by Gasteiger charge is 2.28. The normalized spacial score (nSPS) is 20.0. The van der Waals surface area contributed by atoms with Crippen LogP contribution in [0.3, 0.4) is 0 Å². The molecule has 1 aromatic heterocycles. The number of ether oxygens (including phenoxy) is 1. The van der Waals surface area contributed by atoms with E-state index in [9.17, 15) is 9.59 Å². The van der Waals surface area contributed by atoms with Gasteiger partial charge in [0.25, 0.3) is 0 Å². The second-order valence-electron chi connectivity index (χ2n) is 8.21. The molecule has 0 unspecified atom stereocenters. The van der Waals surface area contributed by atoms with Gasteiger partial charge in [-0.2, -0.15) is 5.10 Å². The highest BCUT2D eigenvalue weighted by molar-refractivity contribution is 5.78. The van der Waals surface area contributed by atoms with Crippen LogP contribution in [0.15, 0.2) is 4.79 Å². The Hall–Kier alpha value is -1.67. The zero-order valence-electron chi connectivity index (χ0n) is 17.6. The molecule has 158 valence electrons. The van der Waals surface area contributed by atoms with Crippen LogP contribution in [-0.2, 0) is 22.6 Å². The second-order valence-corrected chi connectivity index (χ2v) is 8.21. The average Bonchev–Trinajstić information content (AvgIpc) is 3.02. The highest BCUT2D eigenvalue weighted by Crippen LogP contribution is 2.26. The van der Waals surface area contributed by atoms with Crippen molar-refractivity contribution in [2.24, 2.45) is 5.92 Å². The van der Waals surface area contributed by atoms with E-state index >= 15 is 0 Å². The van der Waals surface area contributed by atoms with Crippen molar-refractivity contribution >= 4 is 5.91 Å². The van der Waals surface area contributed by atoms with Crippen molar-refractivity contribution in [1.82, 2.24) is 24.1 Å². The summed E-state index contributed by atoms with van der Waals surface area (Å²) >= 11 is 0. The van der Waals surface area contributed by atoms with Gasteiger partial charge >= 0.3 is 5.69 Å². The fraction of sp³-hybridized carbons (Fsp3) is 0.850. The molecule has 2 aliphatic rings. The van der Waals surface area contributed by atoms with Gasteiger partial charge in [0.2, 0.25) is 5.91 Å². The summed E-state index contributed by atoms with van der Waals surface area (Å²) in [5, 5.41) is 4.60. The molecule has 3 rings (SSSR count). The van der Waals surface area contributed by atoms with Gasteiger partial charge in [0, 0.05) is 32.7 Å². The van der Waals surface area contributed by atoms with Gasteiger partial charge in [-0.25, -0.2) is 9.48 Å². The molecule has 2 saturated heterocycles. The molecule has 0 aromatic carbocycles. The van der Waals surface area contributed by atoms with E-state index < -0.39 is 0 Å². The lowest BCUT2D eigenvalue weighted by atomic mass is 9.95. The maximum atomic E-state index is 12.6. The van der Waals surface area contributed by atoms with Crippen LogP contribution in [0.25, 0.3) is 0 Å². The van der Waals surface area contributed by atoms with Gasteiger partial charge in [-0.3, -0.25) is 14.3 Å². The third-order valence-electron chi connectivity index (χ3n) is 6.22. The molecule has 3 heterocycles. The highest BCUT2D eigenvalue weighted by atomic mass is 16.5. The molecule has 8 nitrogen and oxygen atoms in total. The van der Waals surface area contributed by atoms with Gasteiger partial charge in [0.1, 0.15) is 5.82 Å². The number of nitrogens with zero attached hydrogens (tertiary/aromatic N) is 5. The van der Waals surface area contributed by atoms with Crippen molar-refractivity contribution in [3.8, 4) is 0 Å². The van der Waals surface area contributed by atoms with E-state index in [1.807, 2.05) is 11.8 Å². The number of methoxy groups -OCH3 is 1. The molecule has 1 aromatic rings. The van der Waals surface area contributed by atoms with Crippen LogP contribution in [0.4, 0.5) is 0 Å². The van der Waals surface area contributed by atoms with Gasteiger partial charge < -0.3 is 9.64 Å². The molecule has 2 aliphatic heterocycles. The monoisotopic (exact) mass is 393 g/mol. The van der Waals surface area contributed by atoms with Gasteiger partial charge in [0.05, 0.1) is 19.7 Å². The number of rotatable bonds is 7. The Balaban J connectivity index is 1.55. The van der Waals surface area contributed by atoms with Crippen LogP contribution in [0.2, 0.25) is 0 Å². The summed E-state index contributed by atoms with van der Waals surface area (Å²) in [6, 6.07) is 0. The van der Waals surface area contributed by atoms with E-state index in [1.54, 1.807) is 11.7 Å². The molecule has 1 amide bonds. The lowest BCUT2D eigenvalue weighted by Crippen LogP contribution is -2.45. The molecule has 0 aliphatic carbocycles. The Labute approximate surface area is 167 Å². The summed E-state index contributed by atoms with van der Waals surface area (Å²) in [5.41, 5.74) is -0.0496. The predicted molar refractivity (Wildman–Crippen MR) is 107 cm³/mol. The van der Waals surface area contributed by atoms with E-state index in [2.05, 4.69) is 16.9 Å². The number of aromatic nitrogens is 3. The lowest BCUT2D eigenvalue weighted by Gasteiger charge is -2.35. The van der Waals surface area contributed by atoms with E-state index in [-0.39, 0.29) is 17.5 Å². The molecule has 28 heavy (non-hydrogen) atoms. The fourth-order valence-corrected chi connectivity index (χ4v) is 4.28. The molecule has 0 N–H and O–H groups in total. The first-order chi connectivity index (χ1) is 13.5.